The van der Waals surface area contributed by atoms with Crippen molar-refractivity contribution in [2.45, 2.75) is 39.3 Å². The maximum absolute atomic E-state index is 13.3. The van der Waals surface area contributed by atoms with Crippen molar-refractivity contribution in [1.29, 1.82) is 0 Å². The van der Waals surface area contributed by atoms with Crippen molar-refractivity contribution in [2.75, 3.05) is 19.6 Å². The number of nitrogens with zero attached hydrogens (tertiary/aromatic N) is 4. The third kappa shape index (κ3) is 4.64. The molecule has 0 radical (unpaired) electrons. The summed E-state index contributed by atoms with van der Waals surface area (Å²) in [5, 5.41) is 4.35. The number of carbonyl (C=O) groups is 1. The van der Waals surface area contributed by atoms with Gasteiger partial charge in [0.2, 0.25) is 5.91 Å². The molecule has 0 bridgehead atoms. The molecule has 2 aliphatic rings. The molecule has 0 saturated carbocycles. The minimum atomic E-state index is -0.244. The Morgan fingerprint density at radius 1 is 1.10 bits per heavy atom. The third-order valence-corrected chi connectivity index (χ3v) is 6.73. The monoisotopic (exact) mass is 410 g/mol. The number of rotatable bonds is 5. The van der Waals surface area contributed by atoms with Crippen molar-refractivity contribution in [2.24, 2.45) is 18.9 Å². The molecule has 1 saturated heterocycles. The van der Waals surface area contributed by atoms with Gasteiger partial charge in [0.15, 0.2) is 0 Å². The molecule has 0 aliphatic carbocycles. The van der Waals surface area contributed by atoms with E-state index in [1.54, 1.807) is 12.1 Å². The topological polar surface area (TPSA) is 41.4 Å². The molecule has 30 heavy (non-hydrogen) atoms. The summed E-state index contributed by atoms with van der Waals surface area (Å²) in [6.07, 6.45) is 9.15. The van der Waals surface area contributed by atoms with Gasteiger partial charge in [-0.2, -0.15) is 5.10 Å². The van der Waals surface area contributed by atoms with E-state index >= 15 is 0 Å². The van der Waals surface area contributed by atoms with Gasteiger partial charge in [0.1, 0.15) is 5.82 Å². The van der Waals surface area contributed by atoms with E-state index in [2.05, 4.69) is 29.1 Å². The normalized spacial score (nSPS) is 21.2. The molecule has 1 aromatic carbocycles. The van der Waals surface area contributed by atoms with Gasteiger partial charge in [0.05, 0.1) is 6.20 Å². The lowest BCUT2D eigenvalue weighted by molar-refractivity contribution is -0.137. The lowest BCUT2D eigenvalue weighted by Gasteiger charge is -2.36. The number of piperidine rings is 1. The first-order chi connectivity index (χ1) is 14.5. The fourth-order valence-corrected chi connectivity index (χ4v) is 4.67. The Kier molecular flexibility index (Phi) is 6.32. The van der Waals surface area contributed by atoms with Crippen LogP contribution in [0, 0.1) is 24.6 Å². The van der Waals surface area contributed by atoms with Crippen molar-refractivity contribution in [1.82, 2.24) is 19.6 Å². The largest absolute Gasteiger partial charge is 0.334 e. The molecule has 6 heteroatoms. The van der Waals surface area contributed by atoms with Crippen molar-refractivity contribution in [3.05, 3.63) is 65.3 Å². The van der Waals surface area contributed by atoms with E-state index in [4.69, 9.17) is 0 Å². The lowest BCUT2D eigenvalue weighted by Crippen LogP contribution is -2.42. The predicted molar refractivity (Wildman–Crippen MR) is 115 cm³/mol. The van der Waals surface area contributed by atoms with Crippen LogP contribution in [-0.4, -0.2) is 45.1 Å². The molecule has 2 aliphatic heterocycles. The van der Waals surface area contributed by atoms with Gasteiger partial charge in [-0.15, -0.1) is 0 Å². The maximum atomic E-state index is 13.3. The van der Waals surface area contributed by atoms with Gasteiger partial charge in [-0.05, 0) is 62.9 Å². The molecule has 1 aromatic heterocycles. The number of aryl methyl sites for hydroxylation is 1. The number of benzene rings is 1. The second-order valence-electron chi connectivity index (χ2n) is 8.65. The molecular formula is C24H31FN4O. The highest BCUT2D eigenvalue weighted by Gasteiger charge is 2.34. The van der Waals surface area contributed by atoms with Crippen LogP contribution < -0.4 is 0 Å². The Morgan fingerprint density at radius 2 is 1.83 bits per heavy atom. The van der Waals surface area contributed by atoms with Gasteiger partial charge in [-0.3, -0.25) is 14.4 Å². The molecule has 1 unspecified atom stereocenters. The summed E-state index contributed by atoms with van der Waals surface area (Å²) < 4.78 is 15.1. The number of aromatic nitrogens is 2. The first-order valence-electron chi connectivity index (χ1n) is 10.9. The summed E-state index contributed by atoms with van der Waals surface area (Å²) >= 11 is 0. The van der Waals surface area contributed by atoms with Crippen LogP contribution in [0.5, 0.6) is 0 Å². The second kappa shape index (κ2) is 9.13. The summed E-state index contributed by atoms with van der Waals surface area (Å²) in [5.41, 5.74) is 3.48. The van der Waals surface area contributed by atoms with E-state index < -0.39 is 0 Å². The quantitative estimate of drug-likeness (QED) is 0.706. The molecule has 5 nitrogen and oxygen atoms in total. The Labute approximate surface area is 178 Å². The number of amides is 1. The van der Waals surface area contributed by atoms with Crippen LogP contribution in [-0.2, 0) is 24.9 Å². The predicted octanol–water partition coefficient (Wildman–Crippen LogP) is 3.68. The maximum Gasteiger partial charge on any atom is 0.226 e. The Balaban J connectivity index is 1.36. The number of allylic oxidation sites excluding steroid dienone is 1. The average molecular weight is 411 g/mol. The minimum absolute atomic E-state index is 0.0477. The zero-order chi connectivity index (χ0) is 21.1. The van der Waals surface area contributed by atoms with Crippen LogP contribution in [0.2, 0.25) is 0 Å². The first-order valence-corrected chi connectivity index (χ1v) is 10.9. The van der Waals surface area contributed by atoms with E-state index in [0.717, 1.165) is 44.5 Å². The van der Waals surface area contributed by atoms with E-state index in [9.17, 15) is 9.18 Å². The molecule has 160 valence electrons. The second-order valence-corrected chi connectivity index (χ2v) is 8.65. The standard InChI is InChI=1S/C24H31FN4O/c1-18-21(15-26-27(18)2)17-28-13-10-20(11-14-28)23-5-3-4-12-29(24(23)30)16-19-6-8-22(25)9-7-19/h3-4,6-9,15,20,23H,5,10-14,16-17H2,1-2H3. The van der Waals surface area contributed by atoms with Crippen LogP contribution in [0.1, 0.15) is 36.1 Å². The minimum Gasteiger partial charge on any atom is -0.334 e. The highest BCUT2D eigenvalue weighted by molar-refractivity contribution is 5.80. The Hall–Kier alpha value is -2.47. The fraction of sp³-hybridized carbons (Fsp3) is 0.500. The van der Waals surface area contributed by atoms with E-state index in [1.807, 2.05) is 22.8 Å². The highest BCUT2D eigenvalue weighted by atomic mass is 19.1. The van der Waals surface area contributed by atoms with Crippen LogP contribution >= 0.6 is 0 Å². The van der Waals surface area contributed by atoms with Crippen LogP contribution in [0.4, 0.5) is 4.39 Å². The van der Waals surface area contributed by atoms with Crippen molar-refractivity contribution >= 4 is 5.91 Å². The number of hydrogen-bond donors (Lipinski definition) is 0. The molecule has 1 atom stereocenters. The average Bonchev–Trinajstić information content (AvgIpc) is 2.95. The first kappa shape index (κ1) is 20.8. The van der Waals surface area contributed by atoms with E-state index in [1.165, 1.54) is 23.4 Å². The van der Waals surface area contributed by atoms with Gasteiger partial charge < -0.3 is 4.90 Å². The molecule has 2 aromatic rings. The van der Waals surface area contributed by atoms with Crippen LogP contribution in [0.3, 0.4) is 0 Å². The zero-order valence-corrected chi connectivity index (χ0v) is 17.9. The van der Waals surface area contributed by atoms with Crippen molar-refractivity contribution in [3.63, 3.8) is 0 Å². The number of carbonyl (C=O) groups excluding carboxylic acids is 1. The van der Waals surface area contributed by atoms with Gasteiger partial charge in [0.25, 0.3) is 0 Å². The summed E-state index contributed by atoms with van der Waals surface area (Å²) in [6, 6.07) is 6.46. The molecule has 4 rings (SSSR count). The Bertz CT molecular complexity index is 896. The summed E-state index contributed by atoms with van der Waals surface area (Å²) in [4.78, 5) is 17.7. The molecule has 1 amide bonds. The van der Waals surface area contributed by atoms with Crippen molar-refractivity contribution in [3.8, 4) is 0 Å². The summed E-state index contributed by atoms with van der Waals surface area (Å²) in [7, 11) is 1.98. The van der Waals surface area contributed by atoms with E-state index in [-0.39, 0.29) is 17.6 Å². The number of likely N-dealkylation sites (tertiary alicyclic amines) is 1. The molecular weight excluding hydrogens is 379 g/mol. The third-order valence-electron chi connectivity index (χ3n) is 6.73. The molecule has 0 N–H and O–H groups in total. The lowest BCUT2D eigenvalue weighted by atomic mass is 9.81. The van der Waals surface area contributed by atoms with Gasteiger partial charge in [-0.25, -0.2) is 4.39 Å². The van der Waals surface area contributed by atoms with Crippen LogP contribution in [0.25, 0.3) is 0 Å². The van der Waals surface area contributed by atoms with E-state index in [0.29, 0.717) is 19.0 Å². The zero-order valence-electron chi connectivity index (χ0n) is 17.9. The smallest absolute Gasteiger partial charge is 0.226 e. The van der Waals surface area contributed by atoms with Gasteiger partial charge >= 0.3 is 0 Å². The van der Waals surface area contributed by atoms with Crippen molar-refractivity contribution < 1.29 is 9.18 Å². The van der Waals surface area contributed by atoms with Gasteiger partial charge in [0, 0.05) is 43.9 Å². The Morgan fingerprint density at radius 3 is 2.50 bits per heavy atom. The molecule has 3 heterocycles. The highest BCUT2D eigenvalue weighted by Crippen LogP contribution is 2.31. The number of halogens is 1. The SMILES string of the molecule is Cc1c(CN2CCC(C3CC=CCN(Cc4ccc(F)cc4)C3=O)CC2)cnn1C. The summed E-state index contributed by atoms with van der Waals surface area (Å²) in [5.74, 6) is 0.464. The van der Waals surface area contributed by atoms with Gasteiger partial charge in [-0.1, -0.05) is 24.3 Å². The number of hydrogen-bond acceptors (Lipinski definition) is 3. The summed E-state index contributed by atoms with van der Waals surface area (Å²) in [6.45, 7) is 6.25. The fourth-order valence-electron chi connectivity index (χ4n) is 4.67. The van der Waals surface area contributed by atoms with Crippen LogP contribution in [0.15, 0.2) is 42.6 Å². The molecule has 0 spiro atoms. The molecule has 1 fully saturated rings.